The smallest absolute Gasteiger partial charge is 0.356 e. The Bertz CT molecular complexity index is 517. The van der Waals surface area contributed by atoms with Crippen LogP contribution in [0.25, 0.3) is 0 Å². The number of carbonyl (C=O) groups is 1. The van der Waals surface area contributed by atoms with E-state index in [4.69, 9.17) is 4.74 Å². The van der Waals surface area contributed by atoms with Crippen molar-refractivity contribution in [2.24, 2.45) is 0 Å². The van der Waals surface area contributed by atoms with Crippen LogP contribution in [0.2, 0.25) is 0 Å². The molecule has 0 bridgehead atoms. The topological polar surface area (TPSA) is 70.8 Å². The standard InChI is InChI=1S/C15H24N4O3/c1-17-5-7-18(8-6-17)10-12-11-19(16-14(12)15(20)21)13-4-2-3-9-22-13/h11,13H,2-10H2,1H3,(H,20,21). The minimum Gasteiger partial charge on any atom is -0.476 e. The van der Waals surface area contributed by atoms with Crippen molar-refractivity contribution in [3.63, 3.8) is 0 Å². The predicted molar refractivity (Wildman–Crippen MR) is 80.8 cm³/mol. The van der Waals surface area contributed by atoms with Gasteiger partial charge in [0.2, 0.25) is 0 Å². The molecule has 0 spiro atoms. The van der Waals surface area contributed by atoms with Crippen LogP contribution in [-0.4, -0.2) is 70.5 Å². The van der Waals surface area contributed by atoms with Crippen LogP contribution in [0, 0.1) is 0 Å². The fourth-order valence-electron chi connectivity index (χ4n) is 3.05. The zero-order valence-corrected chi connectivity index (χ0v) is 13.1. The minimum atomic E-state index is -0.960. The molecule has 7 nitrogen and oxygen atoms in total. The third-order valence-corrected chi connectivity index (χ3v) is 4.45. The number of piperazine rings is 1. The van der Waals surface area contributed by atoms with Gasteiger partial charge in [-0.05, 0) is 26.3 Å². The number of carboxylic acids is 1. The third kappa shape index (κ3) is 3.48. The first-order valence-electron chi connectivity index (χ1n) is 7.97. The highest BCUT2D eigenvalue weighted by atomic mass is 16.5. The second-order valence-electron chi connectivity index (χ2n) is 6.19. The van der Waals surface area contributed by atoms with Gasteiger partial charge in [0.1, 0.15) is 6.23 Å². The molecule has 0 radical (unpaired) electrons. The molecule has 0 saturated carbocycles. The number of hydrogen-bond donors (Lipinski definition) is 1. The van der Waals surface area contributed by atoms with Gasteiger partial charge in [-0.2, -0.15) is 5.10 Å². The summed E-state index contributed by atoms with van der Waals surface area (Å²) in [6, 6.07) is 0. The second kappa shape index (κ2) is 6.76. The van der Waals surface area contributed by atoms with Crippen LogP contribution in [-0.2, 0) is 11.3 Å². The first kappa shape index (κ1) is 15.5. The first-order valence-corrected chi connectivity index (χ1v) is 7.97. The Morgan fingerprint density at radius 2 is 2.14 bits per heavy atom. The van der Waals surface area contributed by atoms with Crippen molar-refractivity contribution in [1.82, 2.24) is 19.6 Å². The summed E-state index contributed by atoms with van der Waals surface area (Å²) in [5, 5.41) is 13.7. The number of likely N-dealkylation sites (N-methyl/N-ethyl adjacent to an activating group) is 1. The van der Waals surface area contributed by atoms with Crippen LogP contribution >= 0.6 is 0 Å². The van der Waals surface area contributed by atoms with Crippen molar-refractivity contribution in [1.29, 1.82) is 0 Å². The van der Waals surface area contributed by atoms with Crippen LogP contribution in [0.15, 0.2) is 6.20 Å². The number of aromatic carboxylic acids is 1. The van der Waals surface area contributed by atoms with Crippen LogP contribution < -0.4 is 0 Å². The van der Waals surface area contributed by atoms with Crippen LogP contribution in [0.1, 0.15) is 41.5 Å². The van der Waals surface area contributed by atoms with Gasteiger partial charge in [-0.15, -0.1) is 0 Å². The molecule has 3 heterocycles. The van der Waals surface area contributed by atoms with Crippen molar-refractivity contribution in [3.05, 3.63) is 17.5 Å². The van der Waals surface area contributed by atoms with E-state index in [1.54, 1.807) is 4.68 Å². The number of nitrogens with zero attached hydrogens (tertiary/aromatic N) is 4. The highest BCUT2D eigenvalue weighted by molar-refractivity contribution is 5.86. The Hall–Kier alpha value is -1.44. The summed E-state index contributed by atoms with van der Waals surface area (Å²) in [4.78, 5) is 16.0. The molecule has 1 aromatic heterocycles. The lowest BCUT2D eigenvalue weighted by Crippen LogP contribution is -2.44. The molecule has 2 saturated heterocycles. The van der Waals surface area contributed by atoms with Gasteiger partial charge < -0.3 is 14.7 Å². The maximum absolute atomic E-state index is 11.5. The van der Waals surface area contributed by atoms with E-state index in [0.717, 1.165) is 57.6 Å². The molecule has 1 atom stereocenters. The van der Waals surface area contributed by atoms with Gasteiger partial charge in [0.05, 0.1) is 0 Å². The summed E-state index contributed by atoms with van der Waals surface area (Å²) in [6.07, 6.45) is 4.80. The van der Waals surface area contributed by atoms with E-state index in [2.05, 4.69) is 21.9 Å². The molecule has 2 aliphatic rings. The van der Waals surface area contributed by atoms with Crippen LogP contribution in [0.5, 0.6) is 0 Å². The van der Waals surface area contributed by atoms with Gasteiger partial charge in [0.25, 0.3) is 0 Å². The van der Waals surface area contributed by atoms with E-state index < -0.39 is 5.97 Å². The Kier molecular flexibility index (Phi) is 4.75. The SMILES string of the molecule is CN1CCN(Cc2cn(C3CCCCO3)nc2C(=O)O)CC1. The van der Waals surface area contributed by atoms with E-state index in [1.807, 2.05) is 6.20 Å². The largest absolute Gasteiger partial charge is 0.476 e. The van der Waals surface area contributed by atoms with E-state index in [0.29, 0.717) is 6.54 Å². The Morgan fingerprint density at radius 3 is 2.77 bits per heavy atom. The molecular formula is C15H24N4O3. The average Bonchev–Trinajstić information content (AvgIpc) is 2.95. The number of aromatic nitrogens is 2. The van der Waals surface area contributed by atoms with E-state index in [-0.39, 0.29) is 11.9 Å². The molecule has 0 amide bonds. The van der Waals surface area contributed by atoms with Gasteiger partial charge in [-0.1, -0.05) is 0 Å². The van der Waals surface area contributed by atoms with Gasteiger partial charge in [0, 0.05) is 51.1 Å². The van der Waals surface area contributed by atoms with Crippen molar-refractivity contribution in [2.45, 2.75) is 32.0 Å². The summed E-state index contributed by atoms with van der Waals surface area (Å²) >= 11 is 0. The summed E-state index contributed by atoms with van der Waals surface area (Å²) in [6.45, 7) is 5.31. The van der Waals surface area contributed by atoms with Gasteiger partial charge in [-0.25, -0.2) is 9.48 Å². The summed E-state index contributed by atoms with van der Waals surface area (Å²) in [7, 11) is 2.11. The normalized spacial score (nSPS) is 24.5. The number of carboxylic acid groups (broad SMARTS) is 1. The molecule has 1 unspecified atom stereocenters. The zero-order valence-electron chi connectivity index (χ0n) is 13.1. The highest BCUT2D eigenvalue weighted by Gasteiger charge is 2.24. The molecular weight excluding hydrogens is 284 g/mol. The van der Waals surface area contributed by atoms with Gasteiger partial charge in [0.15, 0.2) is 5.69 Å². The molecule has 122 valence electrons. The van der Waals surface area contributed by atoms with Crippen molar-refractivity contribution < 1.29 is 14.6 Å². The third-order valence-electron chi connectivity index (χ3n) is 4.45. The fourth-order valence-corrected chi connectivity index (χ4v) is 3.05. The fraction of sp³-hybridized carbons (Fsp3) is 0.733. The van der Waals surface area contributed by atoms with Crippen molar-refractivity contribution >= 4 is 5.97 Å². The van der Waals surface area contributed by atoms with E-state index in [1.165, 1.54) is 0 Å². The van der Waals surface area contributed by atoms with Crippen molar-refractivity contribution in [2.75, 3.05) is 39.8 Å². The van der Waals surface area contributed by atoms with E-state index >= 15 is 0 Å². The molecule has 2 fully saturated rings. The zero-order chi connectivity index (χ0) is 15.5. The maximum atomic E-state index is 11.5. The monoisotopic (exact) mass is 308 g/mol. The summed E-state index contributed by atoms with van der Waals surface area (Å²) < 4.78 is 7.41. The average molecular weight is 308 g/mol. The number of rotatable bonds is 4. The minimum absolute atomic E-state index is 0.118. The molecule has 2 aliphatic heterocycles. The maximum Gasteiger partial charge on any atom is 0.356 e. The van der Waals surface area contributed by atoms with Gasteiger partial charge >= 0.3 is 5.97 Å². The van der Waals surface area contributed by atoms with Crippen molar-refractivity contribution in [3.8, 4) is 0 Å². The first-order chi connectivity index (χ1) is 10.6. The molecule has 1 aromatic rings. The van der Waals surface area contributed by atoms with Crippen LogP contribution in [0.3, 0.4) is 0 Å². The molecule has 0 aliphatic carbocycles. The Balaban J connectivity index is 1.74. The number of ether oxygens (including phenoxy) is 1. The summed E-state index contributed by atoms with van der Waals surface area (Å²) in [5.74, 6) is -0.960. The van der Waals surface area contributed by atoms with E-state index in [9.17, 15) is 9.90 Å². The van der Waals surface area contributed by atoms with Crippen LogP contribution in [0.4, 0.5) is 0 Å². The predicted octanol–water partition coefficient (Wildman–Crippen LogP) is 1.03. The second-order valence-corrected chi connectivity index (χ2v) is 6.19. The molecule has 22 heavy (non-hydrogen) atoms. The van der Waals surface area contributed by atoms with Gasteiger partial charge in [-0.3, -0.25) is 4.90 Å². The molecule has 1 N–H and O–H groups in total. The lowest BCUT2D eigenvalue weighted by Gasteiger charge is -2.32. The number of hydrogen-bond acceptors (Lipinski definition) is 5. The quantitative estimate of drug-likeness (QED) is 0.896. The molecule has 3 rings (SSSR count). The lowest BCUT2D eigenvalue weighted by molar-refractivity contribution is -0.0397. The highest BCUT2D eigenvalue weighted by Crippen LogP contribution is 2.23. The molecule has 0 aromatic carbocycles. The Morgan fingerprint density at radius 1 is 1.36 bits per heavy atom. The Labute approximate surface area is 130 Å². The lowest BCUT2D eigenvalue weighted by atomic mass is 10.2. The molecule has 7 heteroatoms. The summed E-state index contributed by atoms with van der Waals surface area (Å²) in [5.41, 5.74) is 0.944.